The highest BCUT2D eigenvalue weighted by Gasteiger charge is 2.14. The first-order chi connectivity index (χ1) is 13.1. The van der Waals surface area contributed by atoms with Gasteiger partial charge in [-0.25, -0.2) is 0 Å². The van der Waals surface area contributed by atoms with Gasteiger partial charge in [0.05, 0.1) is 29.5 Å². The Hall–Kier alpha value is -1.44. The number of hydrogen-bond donors (Lipinski definition) is 3. The lowest BCUT2D eigenvalue weighted by molar-refractivity contribution is -0.921. The Kier molecular flexibility index (Phi) is 7.67. The van der Waals surface area contributed by atoms with Crippen LogP contribution in [0.5, 0.6) is 0 Å². The fraction of sp³-hybridized carbons (Fsp3) is 0.450. The highest BCUT2D eigenvalue weighted by atomic mass is 35.5. The lowest BCUT2D eigenvalue weighted by Gasteiger charge is -2.23. The van der Waals surface area contributed by atoms with E-state index in [2.05, 4.69) is 29.6 Å². The quantitative estimate of drug-likeness (QED) is 0.581. The summed E-state index contributed by atoms with van der Waals surface area (Å²) in [4.78, 5) is 16.1. The Balaban J connectivity index is 1.39. The molecule has 7 heteroatoms. The van der Waals surface area contributed by atoms with E-state index >= 15 is 0 Å². The summed E-state index contributed by atoms with van der Waals surface area (Å²) in [7, 11) is 2.02. The molecular weight excluding hydrogens is 382 g/mol. The largest absolute Gasteiger partial charge is 0.370 e. The second-order valence-electron chi connectivity index (χ2n) is 7.15. The zero-order valence-corrected chi connectivity index (χ0v) is 17.3. The first-order valence-electron chi connectivity index (χ1n) is 9.40. The van der Waals surface area contributed by atoms with Crippen molar-refractivity contribution in [3.8, 4) is 0 Å². The third-order valence-corrected chi connectivity index (χ3v) is 5.97. The van der Waals surface area contributed by atoms with Gasteiger partial charge in [-0.2, -0.15) is 0 Å². The Morgan fingerprint density at radius 2 is 1.89 bits per heavy atom. The van der Waals surface area contributed by atoms with Crippen molar-refractivity contribution in [2.24, 2.45) is 0 Å². The monoisotopic (exact) mass is 409 g/mol. The summed E-state index contributed by atoms with van der Waals surface area (Å²) in [6, 6.07) is 12.5. The van der Waals surface area contributed by atoms with Gasteiger partial charge in [0, 0.05) is 12.1 Å². The molecule has 2 heterocycles. The van der Waals surface area contributed by atoms with Gasteiger partial charge in [-0.3, -0.25) is 4.79 Å². The van der Waals surface area contributed by atoms with Crippen molar-refractivity contribution in [1.29, 1.82) is 0 Å². The zero-order chi connectivity index (χ0) is 19.1. The number of carbonyl (C=O) groups excluding carboxylic acids is 1. The van der Waals surface area contributed by atoms with Gasteiger partial charge >= 0.3 is 0 Å². The van der Waals surface area contributed by atoms with Crippen molar-refractivity contribution in [2.75, 3.05) is 39.9 Å². The summed E-state index contributed by atoms with van der Waals surface area (Å²) in [6.07, 6.45) is 0. The number of rotatable bonds is 8. The summed E-state index contributed by atoms with van der Waals surface area (Å²) >= 11 is 7.53. The number of likely N-dealkylation sites (N-methyl/N-ethyl adjacent to an activating group) is 1. The summed E-state index contributed by atoms with van der Waals surface area (Å²) in [5, 5.41) is 3.02. The molecule has 1 unspecified atom stereocenters. The summed E-state index contributed by atoms with van der Waals surface area (Å²) in [6.45, 7) is 6.73. The van der Waals surface area contributed by atoms with Crippen LogP contribution in [0, 0.1) is 0 Å². The molecule has 27 heavy (non-hydrogen) atoms. The van der Waals surface area contributed by atoms with Crippen LogP contribution in [0.25, 0.3) is 0 Å². The highest BCUT2D eigenvalue weighted by Crippen LogP contribution is 2.20. The number of carbonyl (C=O) groups is 1. The van der Waals surface area contributed by atoms with E-state index in [4.69, 9.17) is 16.3 Å². The fourth-order valence-electron chi connectivity index (χ4n) is 3.24. The minimum Gasteiger partial charge on any atom is -0.370 e. The van der Waals surface area contributed by atoms with Gasteiger partial charge < -0.3 is 19.9 Å². The number of amides is 1. The van der Waals surface area contributed by atoms with E-state index in [1.807, 2.05) is 19.2 Å². The number of nitrogens with one attached hydrogen (secondary N) is 3. The third-order valence-electron chi connectivity index (χ3n) is 4.73. The van der Waals surface area contributed by atoms with Gasteiger partial charge in [0.2, 0.25) is 0 Å². The first-order valence-corrected chi connectivity index (χ1v) is 10.6. The van der Waals surface area contributed by atoms with Crippen LogP contribution in [0.4, 0.5) is 0 Å². The van der Waals surface area contributed by atoms with E-state index in [1.165, 1.54) is 10.4 Å². The molecule has 1 aromatic carbocycles. The maximum atomic E-state index is 12.2. The third kappa shape index (κ3) is 6.90. The van der Waals surface area contributed by atoms with Gasteiger partial charge in [0.1, 0.15) is 26.2 Å². The van der Waals surface area contributed by atoms with Gasteiger partial charge in [0.15, 0.2) is 6.54 Å². The zero-order valence-electron chi connectivity index (χ0n) is 15.7. The van der Waals surface area contributed by atoms with E-state index in [0.717, 1.165) is 54.2 Å². The summed E-state index contributed by atoms with van der Waals surface area (Å²) in [5.41, 5.74) is 2.47. The number of quaternary nitrogens is 2. The lowest BCUT2D eigenvalue weighted by atomic mass is 10.1. The molecule has 0 aliphatic carbocycles. The maximum absolute atomic E-state index is 12.2. The average Bonchev–Trinajstić information content (AvgIpc) is 3.06. The highest BCUT2D eigenvalue weighted by molar-refractivity contribution is 7.16. The van der Waals surface area contributed by atoms with E-state index < -0.39 is 0 Å². The molecule has 0 bridgehead atoms. The van der Waals surface area contributed by atoms with Crippen LogP contribution in [-0.4, -0.2) is 45.8 Å². The molecule has 3 N–H and O–H groups in total. The predicted octanol–water partition coefficient (Wildman–Crippen LogP) is 0.148. The molecule has 146 valence electrons. The van der Waals surface area contributed by atoms with E-state index in [0.29, 0.717) is 13.1 Å². The molecule has 1 aromatic heterocycles. The number of morpholine rings is 1. The molecule has 5 nitrogen and oxygen atoms in total. The Morgan fingerprint density at radius 3 is 2.56 bits per heavy atom. The number of ether oxygens (including phenoxy) is 1. The Morgan fingerprint density at radius 1 is 1.19 bits per heavy atom. The lowest BCUT2D eigenvalue weighted by Crippen LogP contribution is -3.12. The predicted molar refractivity (Wildman–Crippen MR) is 108 cm³/mol. The van der Waals surface area contributed by atoms with E-state index in [9.17, 15) is 4.79 Å². The van der Waals surface area contributed by atoms with Gasteiger partial charge in [0.25, 0.3) is 5.91 Å². The van der Waals surface area contributed by atoms with Crippen LogP contribution in [0.1, 0.15) is 16.0 Å². The molecule has 1 amide bonds. The molecule has 0 saturated carbocycles. The molecule has 1 aliphatic heterocycles. The van der Waals surface area contributed by atoms with Crippen molar-refractivity contribution >= 4 is 28.8 Å². The summed E-state index contributed by atoms with van der Waals surface area (Å²) < 4.78 is 6.20. The Bertz CT molecular complexity index is 729. The van der Waals surface area contributed by atoms with Crippen molar-refractivity contribution in [3.63, 3.8) is 0 Å². The molecule has 1 saturated heterocycles. The molecule has 0 radical (unpaired) electrons. The fourth-order valence-corrected chi connectivity index (χ4v) is 4.45. The summed E-state index contributed by atoms with van der Waals surface area (Å²) in [5.74, 6) is 0.0667. The maximum Gasteiger partial charge on any atom is 0.275 e. The van der Waals surface area contributed by atoms with Crippen LogP contribution < -0.4 is 15.1 Å². The van der Waals surface area contributed by atoms with Gasteiger partial charge in [-0.15, -0.1) is 11.3 Å². The van der Waals surface area contributed by atoms with Gasteiger partial charge in [-0.05, 0) is 17.7 Å². The van der Waals surface area contributed by atoms with Crippen molar-refractivity contribution < 1.29 is 19.3 Å². The van der Waals surface area contributed by atoms with E-state index in [-0.39, 0.29) is 5.91 Å². The van der Waals surface area contributed by atoms with Crippen molar-refractivity contribution in [2.45, 2.75) is 19.6 Å². The number of benzene rings is 1. The van der Waals surface area contributed by atoms with Crippen LogP contribution in [0.2, 0.25) is 4.34 Å². The number of thiophene rings is 1. The first kappa shape index (κ1) is 20.3. The SMILES string of the molecule is C[NH+](CC(=O)NCc1ccc(C[NH+]2CCOCC2)cc1)Cc1ccc(Cl)s1. The topological polar surface area (TPSA) is 47.2 Å². The average molecular weight is 410 g/mol. The van der Waals surface area contributed by atoms with Crippen LogP contribution in [-0.2, 0) is 29.2 Å². The molecule has 3 rings (SSSR count). The molecule has 1 atom stereocenters. The van der Waals surface area contributed by atoms with Crippen LogP contribution >= 0.6 is 22.9 Å². The number of hydrogen-bond acceptors (Lipinski definition) is 3. The van der Waals surface area contributed by atoms with Crippen LogP contribution in [0.3, 0.4) is 0 Å². The standard InChI is InChI=1S/C20H26ClN3O2S/c1-23(14-18-6-7-19(21)27-18)15-20(25)22-12-16-2-4-17(5-3-16)13-24-8-10-26-11-9-24/h2-7H,8-15H2,1H3,(H,22,25)/p+2. The smallest absolute Gasteiger partial charge is 0.275 e. The number of halogens is 1. The molecule has 1 aliphatic rings. The molecule has 0 spiro atoms. The second-order valence-corrected chi connectivity index (χ2v) is 8.95. The normalized spacial score (nSPS) is 16.2. The molecular formula is C20H28ClN3O2S+2. The molecule has 2 aromatic rings. The van der Waals surface area contributed by atoms with Crippen molar-refractivity contribution in [1.82, 2.24) is 5.32 Å². The minimum absolute atomic E-state index is 0.0667. The Labute approximate surface area is 169 Å². The van der Waals surface area contributed by atoms with Crippen LogP contribution in [0.15, 0.2) is 36.4 Å². The van der Waals surface area contributed by atoms with Crippen molar-refractivity contribution in [3.05, 3.63) is 56.7 Å². The molecule has 1 fully saturated rings. The minimum atomic E-state index is 0.0667. The van der Waals surface area contributed by atoms with Gasteiger partial charge in [-0.1, -0.05) is 35.9 Å². The van der Waals surface area contributed by atoms with E-state index in [1.54, 1.807) is 16.2 Å². The second kappa shape index (κ2) is 10.2.